The number of carbonyl (C=O) groups excluding carboxylic acids is 1. The Balaban J connectivity index is 1.96. The van der Waals surface area contributed by atoms with Crippen molar-refractivity contribution in [2.75, 3.05) is 19.5 Å². The second kappa shape index (κ2) is 7.60. The van der Waals surface area contributed by atoms with E-state index in [9.17, 15) is 14.7 Å². The summed E-state index contributed by atoms with van der Waals surface area (Å²) in [6, 6.07) is 14.8. The molecular formula is C22H19NO5S. The van der Waals surface area contributed by atoms with Gasteiger partial charge in [-0.25, -0.2) is 4.79 Å². The van der Waals surface area contributed by atoms with E-state index >= 15 is 0 Å². The Morgan fingerprint density at radius 2 is 1.86 bits per heavy atom. The number of nitrogens with one attached hydrogen (secondary N) is 1. The largest absolute Gasteiger partial charge is 0.493 e. The van der Waals surface area contributed by atoms with E-state index in [0.29, 0.717) is 22.7 Å². The van der Waals surface area contributed by atoms with Crippen LogP contribution in [-0.2, 0) is 4.79 Å². The van der Waals surface area contributed by atoms with Gasteiger partial charge in [-0.3, -0.25) is 4.79 Å². The van der Waals surface area contributed by atoms with Gasteiger partial charge in [-0.15, -0.1) is 11.3 Å². The highest BCUT2D eigenvalue weighted by Crippen LogP contribution is 2.51. The predicted molar refractivity (Wildman–Crippen MR) is 111 cm³/mol. The van der Waals surface area contributed by atoms with Crippen molar-refractivity contribution in [3.8, 4) is 22.6 Å². The highest BCUT2D eigenvalue weighted by atomic mass is 32.1. The van der Waals surface area contributed by atoms with E-state index in [1.54, 1.807) is 20.3 Å². The lowest BCUT2D eigenvalue weighted by atomic mass is 9.88. The van der Waals surface area contributed by atoms with Gasteiger partial charge in [-0.1, -0.05) is 42.5 Å². The minimum absolute atomic E-state index is 0.167. The summed E-state index contributed by atoms with van der Waals surface area (Å²) in [4.78, 5) is 25.6. The third-order valence-electron chi connectivity index (χ3n) is 4.97. The van der Waals surface area contributed by atoms with Gasteiger partial charge < -0.3 is 19.9 Å². The van der Waals surface area contributed by atoms with Crippen LogP contribution in [0, 0.1) is 0 Å². The molecule has 1 aliphatic rings. The summed E-state index contributed by atoms with van der Waals surface area (Å²) in [5, 5.41) is 12.7. The third kappa shape index (κ3) is 3.23. The standard InChI is InChI=1S/C22H19NO5S/c1-27-15-10-6-9-13(19(15)28-2)14-11-16(24)23-18-17(12-7-4-3-5-8-12)21(22(25)26)29-20(14)18/h3-10,14H,11H2,1-2H3,(H,23,24)(H,25,26). The molecule has 1 amide bonds. The number of fused-ring (bicyclic) bond motifs is 1. The zero-order chi connectivity index (χ0) is 20.5. The van der Waals surface area contributed by atoms with Gasteiger partial charge >= 0.3 is 5.97 Å². The molecule has 29 heavy (non-hydrogen) atoms. The number of carboxylic acids is 1. The summed E-state index contributed by atoms with van der Waals surface area (Å²) in [6.07, 6.45) is 0.199. The predicted octanol–water partition coefficient (Wildman–Crippen LogP) is 4.60. The fraction of sp³-hybridized carbons (Fsp3) is 0.182. The summed E-state index contributed by atoms with van der Waals surface area (Å²) < 4.78 is 11.0. The Hall–Kier alpha value is -3.32. The molecule has 0 saturated heterocycles. The van der Waals surface area contributed by atoms with Crippen molar-refractivity contribution in [1.29, 1.82) is 0 Å². The molecule has 0 fully saturated rings. The molecule has 1 aliphatic heterocycles. The number of amides is 1. The van der Waals surface area contributed by atoms with Crippen molar-refractivity contribution >= 4 is 28.9 Å². The number of carboxylic acid groups (broad SMARTS) is 1. The van der Waals surface area contributed by atoms with Gasteiger partial charge in [-0.05, 0) is 11.6 Å². The minimum atomic E-state index is -1.02. The topological polar surface area (TPSA) is 84.9 Å². The van der Waals surface area contributed by atoms with E-state index in [-0.39, 0.29) is 23.1 Å². The van der Waals surface area contributed by atoms with Crippen LogP contribution in [0.25, 0.3) is 11.1 Å². The average molecular weight is 409 g/mol. The first-order valence-electron chi connectivity index (χ1n) is 9.01. The number of hydrogen-bond donors (Lipinski definition) is 2. The third-order valence-corrected chi connectivity index (χ3v) is 6.26. The van der Waals surface area contributed by atoms with E-state index in [0.717, 1.165) is 16.0 Å². The minimum Gasteiger partial charge on any atom is -0.493 e. The summed E-state index contributed by atoms with van der Waals surface area (Å²) in [7, 11) is 3.11. The van der Waals surface area contributed by atoms with Gasteiger partial charge in [0.1, 0.15) is 4.88 Å². The van der Waals surface area contributed by atoms with E-state index in [2.05, 4.69) is 5.32 Å². The zero-order valence-corrected chi connectivity index (χ0v) is 16.7. The number of hydrogen-bond acceptors (Lipinski definition) is 5. The fourth-order valence-corrected chi connectivity index (χ4v) is 4.99. The maximum atomic E-state index is 12.6. The van der Waals surface area contributed by atoms with Crippen LogP contribution in [0.15, 0.2) is 48.5 Å². The molecule has 0 radical (unpaired) electrons. The number of rotatable bonds is 5. The molecule has 2 aromatic carbocycles. The number of thiophene rings is 1. The monoisotopic (exact) mass is 409 g/mol. The molecule has 2 heterocycles. The van der Waals surface area contributed by atoms with Crippen molar-refractivity contribution < 1.29 is 24.2 Å². The zero-order valence-electron chi connectivity index (χ0n) is 15.9. The Kier molecular flexibility index (Phi) is 4.98. The molecule has 1 atom stereocenters. The summed E-state index contributed by atoms with van der Waals surface area (Å²) in [5.41, 5.74) is 2.64. The number of para-hydroxylation sites is 1. The molecule has 0 aliphatic carbocycles. The average Bonchev–Trinajstić information content (AvgIpc) is 3.12. The van der Waals surface area contributed by atoms with Crippen molar-refractivity contribution in [2.24, 2.45) is 0 Å². The van der Waals surface area contributed by atoms with Crippen LogP contribution in [-0.4, -0.2) is 31.2 Å². The van der Waals surface area contributed by atoms with Crippen LogP contribution < -0.4 is 14.8 Å². The van der Waals surface area contributed by atoms with Gasteiger partial charge in [0.25, 0.3) is 0 Å². The fourth-order valence-electron chi connectivity index (χ4n) is 3.76. The Morgan fingerprint density at radius 1 is 1.10 bits per heavy atom. The smallest absolute Gasteiger partial charge is 0.346 e. The van der Waals surface area contributed by atoms with Crippen molar-refractivity contribution in [3.63, 3.8) is 0 Å². The van der Waals surface area contributed by atoms with Crippen molar-refractivity contribution in [2.45, 2.75) is 12.3 Å². The molecule has 4 rings (SSSR count). The first kappa shape index (κ1) is 19.0. The molecule has 3 aromatic rings. The maximum absolute atomic E-state index is 12.6. The SMILES string of the molecule is COc1cccc(C2CC(=O)Nc3c2sc(C(=O)O)c3-c2ccccc2)c1OC. The molecule has 0 saturated carbocycles. The Labute approximate surface area is 171 Å². The van der Waals surface area contributed by atoms with E-state index < -0.39 is 5.97 Å². The molecule has 7 heteroatoms. The van der Waals surface area contributed by atoms with Gasteiger partial charge in [0.05, 0.1) is 19.9 Å². The highest BCUT2D eigenvalue weighted by molar-refractivity contribution is 7.15. The number of aromatic carboxylic acids is 1. The number of ether oxygens (including phenoxy) is 2. The molecule has 148 valence electrons. The Morgan fingerprint density at radius 3 is 2.52 bits per heavy atom. The molecular weight excluding hydrogens is 390 g/mol. The highest BCUT2D eigenvalue weighted by Gasteiger charge is 2.36. The molecule has 1 unspecified atom stereocenters. The van der Waals surface area contributed by atoms with Gasteiger partial charge in [-0.2, -0.15) is 0 Å². The Bertz CT molecular complexity index is 1090. The molecule has 2 N–H and O–H groups in total. The van der Waals surface area contributed by atoms with Crippen LogP contribution in [0.4, 0.5) is 5.69 Å². The lowest BCUT2D eigenvalue weighted by molar-refractivity contribution is -0.116. The summed E-state index contributed by atoms with van der Waals surface area (Å²) >= 11 is 1.19. The van der Waals surface area contributed by atoms with Crippen molar-refractivity contribution in [3.05, 3.63) is 63.8 Å². The van der Waals surface area contributed by atoms with Crippen molar-refractivity contribution in [1.82, 2.24) is 0 Å². The second-order valence-corrected chi connectivity index (χ2v) is 7.66. The van der Waals surface area contributed by atoms with Gasteiger partial charge in [0.2, 0.25) is 5.91 Å². The summed E-state index contributed by atoms with van der Waals surface area (Å²) in [6.45, 7) is 0. The summed E-state index contributed by atoms with van der Waals surface area (Å²) in [5.74, 6) is -0.402. The van der Waals surface area contributed by atoms with E-state index in [4.69, 9.17) is 9.47 Å². The van der Waals surface area contributed by atoms with Crippen LogP contribution in [0.3, 0.4) is 0 Å². The number of methoxy groups -OCH3 is 2. The van der Waals surface area contributed by atoms with Gasteiger partial charge in [0.15, 0.2) is 11.5 Å². The normalized spacial score (nSPS) is 15.4. The maximum Gasteiger partial charge on any atom is 0.346 e. The number of carbonyl (C=O) groups is 2. The second-order valence-electron chi connectivity index (χ2n) is 6.60. The lowest BCUT2D eigenvalue weighted by Gasteiger charge is -2.25. The molecule has 1 aromatic heterocycles. The van der Waals surface area contributed by atoms with Crippen LogP contribution >= 0.6 is 11.3 Å². The van der Waals surface area contributed by atoms with E-state index in [1.165, 1.54) is 11.3 Å². The van der Waals surface area contributed by atoms with Gasteiger partial charge in [0, 0.05) is 28.3 Å². The van der Waals surface area contributed by atoms with E-state index in [1.807, 2.05) is 42.5 Å². The lowest BCUT2D eigenvalue weighted by Crippen LogP contribution is -2.22. The quantitative estimate of drug-likeness (QED) is 0.643. The first-order valence-corrected chi connectivity index (χ1v) is 9.83. The number of anilines is 1. The molecule has 0 bridgehead atoms. The first-order chi connectivity index (χ1) is 14.0. The van der Waals surface area contributed by atoms with Crippen LogP contribution in [0.2, 0.25) is 0 Å². The van der Waals surface area contributed by atoms with Crippen LogP contribution in [0.1, 0.15) is 32.5 Å². The molecule has 0 spiro atoms. The van der Waals surface area contributed by atoms with Crippen LogP contribution in [0.5, 0.6) is 11.5 Å². The molecule has 6 nitrogen and oxygen atoms in total. The number of benzene rings is 2.